The van der Waals surface area contributed by atoms with E-state index in [0.717, 1.165) is 36.9 Å². The third-order valence-electron chi connectivity index (χ3n) is 6.82. The standard InChI is InChI=1S/C26H38ClN2O2SeSi/c1-9-11-12-13-19(10-2)23-22(18(3)31-33(7,8)26(4,5)6)24(30)29(23)25(32)28-21-16-14-20(27)15-17-21/h14-18,22-23H,2,9,11-13H2,1,3-8H3/t18-,22-,23-/m1/s1. The summed E-state index contributed by atoms with van der Waals surface area (Å²) in [5.41, 5.74) is 4.95. The van der Waals surface area contributed by atoms with E-state index in [1.54, 1.807) is 17.0 Å². The molecule has 33 heavy (non-hydrogen) atoms. The first kappa shape index (κ1) is 28.1. The molecule has 3 atom stereocenters. The Morgan fingerprint density at radius 1 is 1.30 bits per heavy atom. The number of likely N-dealkylation sites (tertiary alicyclic amines) is 1. The predicted molar refractivity (Wildman–Crippen MR) is 143 cm³/mol. The Labute approximate surface area is 214 Å². The minimum absolute atomic E-state index is 0.0286. The summed E-state index contributed by atoms with van der Waals surface area (Å²) in [5.74, 6) is -0.241. The molecule has 1 aromatic carbocycles. The van der Waals surface area contributed by atoms with Gasteiger partial charge in [0.1, 0.15) is 0 Å². The average molecular weight is 553 g/mol. The van der Waals surface area contributed by atoms with Crippen LogP contribution in [-0.2, 0) is 9.22 Å². The van der Waals surface area contributed by atoms with Gasteiger partial charge in [-0.1, -0.05) is 0 Å². The van der Waals surface area contributed by atoms with E-state index in [0.29, 0.717) is 9.76 Å². The van der Waals surface area contributed by atoms with Crippen LogP contribution in [0.25, 0.3) is 0 Å². The number of aliphatic imine (C=N–C) groups is 1. The minimum atomic E-state index is -2.03. The number of halogens is 1. The van der Waals surface area contributed by atoms with E-state index in [9.17, 15) is 4.79 Å². The molecule has 181 valence electrons. The number of nitrogens with zero attached hydrogens (tertiary/aromatic N) is 2. The fraction of sp³-hybridized carbons (Fsp3) is 0.577. The van der Waals surface area contributed by atoms with E-state index in [1.165, 1.54) is 0 Å². The monoisotopic (exact) mass is 553 g/mol. The summed E-state index contributed by atoms with van der Waals surface area (Å²) in [4.78, 5) is 19.9. The predicted octanol–water partition coefficient (Wildman–Crippen LogP) is 7.02. The van der Waals surface area contributed by atoms with Crippen LogP contribution in [-0.4, -0.2) is 52.0 Å². The summed E-state index contributed by atoms with van der Waals surface area (Å²) in [5, 5.41) is 0.722. The van der Waals surface area contributed by atoms with Crippen molar-refractivity contribution in [1.29, 1.82) is 0 Å². The molecule has 1 radical (unpaired) electrons. The van der Waals surface area contributed by atoms with Crippen molar-refractivity contribution in [2.24, 2.45) is 10.9 Å². The Bertz CT molecular complexity index is 917. The maximum atomic E-state index is 13.5. The topological polar surface area (TPSA) is 41.9 Å². The van der Waals surface area contributed by atoms with E-state index in [-0.39, 0.29) is 29.0 Å². The molecule has 1 fully saturated rings. The van der Waals surface area contributed by atoms with E-state index < -0.39 is 8.32 Å². The van der Waals surface area contributed by atoms with Gasteiger partial charge in [0, 0.05) is 0 Å². The first-order valence-electron chi connectivity index (χ1n) is 11.7. The molecule has 1 heterocycles. The second-order valence-electron chi connectivity index (χ2n) is 10.3. The Balaban J connectivity index is 2.37. The zero-order chi connectivity index (χ0) is 25.0. The van der Waals surface area contributed by atoms with Gasteiger partial charge in [0.05, 0.1) is 0 Å². The molecular weight excluding hydrogens is 515 g/mol. The fourth-order valence-corrected chi connectivity index (χ4v) is 6.06. The number of carbonyl (C=O) groups is 1. The van der Waals surface area contributed by atoms with Crippen LogP contribution in [0.3, 0.4) is 0 Å². The van der Waals surface area contributed by atoms with Gasteiger partial charge < -0.3 is 0 Å². The third-order valence-corrected chi connectivity index (χ3v) is 12.3. The fourth-order valence-electron chi connectivity index (χ4n) is 3.86. The second-order valence-corrected chi connectivity index (χ2v) is 16.3. The van der Waals surface area contributed by atoms with Gasteiger partial charge in [0.25, 0.3) is 0 Å². The number of amides is 1. The molecule has 0 spiro atoms. The van der Waals surface area contributed by atoms with Crippen molar-refractivity contribution >= 4 is 52.3 Å². The van der Waals surface area contributed by atoms with Gasteiger partial charge in [-0.25, -0.2) is 0 Å². The number of amidine groups is 1. The first-order chi connectivity index (χ1) is 15.3. The molecule has 0 aromatic heterocycles. The van der Waals surface area contributed by atoms with Crippen molar-refractivity contribution < 1.29 is 9.22 Å². The molecule has 0 aliphatic carbocycles. The summed E-state index contributed by atoms with van der Waals surface area (Å²) in [6.07, 6.45) is 3.99. The molecule has 1 saturated heterocycles. The van der Waals surface area contributed by atoms with Crippen LogP contribution >= 0.6 is 11.6 Å². The van der Waals surface area contributed by atoms with Crippen molar-refractivity contribution in [3.05, 3.63) is 47.2 Å². The SMILES string of the molecule is C=C=C(CCCCC)[C@@H]1[C@@H]([C@@H](C)O[Si](C)(C)C(C)(C)C)C(=O)N1C([Se])=Nc1ccc(Cl)cc1. The summed E-state index contributed by atoms with van der Waals surface area (Å²) in [6, 6.07) is 7.11. The molecule has 0 unspecified atom stereocenters. The molecule has 4 nitrogen and oxygen atoms in total. The van der Waals surface area contributed by atoms with Gasteiger partial charge in [0.2, 0.25) is 0 Å². The normalized spacial score (nSPS) is 20.3. The molecule has 2 rings (SSSR count). The Kier molecular flexibility index (Phi) is 9.82. The molecule has 1 amide bonds. The van der Waals surface area contributed by atoms with Crippen LogP contribution in [0.1, 0.15) is 60.3 Å². The van der Waals surface area contributed by atoms with Crippen LogP contribution in [0.2, 0.25) is 23.2 Å². The van der Waals surface area contributed by atoms with Crippen LogP contribution < -0.4 is 0 Å². The van der Waals surface area contributed by atoms with Crippen LogP contribution in [0, 0.1) is 5.92 Å². The van der Waals surface area contributed by atoms with Gasteiger partial charge in [0.15, 0.2) is 0 Å². The molecule has 0 saturated carbocycles. The molecule has 0 bridgehead atoms. The Morgan fingerprint density at radius 3 is 2.42 bits per heavy atom. The number of hydrogen-bond acceptors (Lipinski definition) is 3. The summed E-state index contributed by atoms with van der Waals surface area (Å²) >= 11 is 9.01. The van der Waals surface area contributed by atoms with E-state index in [4.69, 9.17) is 16.0 Å². The maximum absolute atomic E-state index is 13.5. The average Bonchev–Trinajstić information content (AvgIpc) is 2.70. The number of carbonyl (C=O) groups excluding carboxylic acids is 1. The van der Waals surface area contributed by atoms with Crippen molar-refractivity contribution in [2.75, 3.05) is 0 Å². The Morgan fingerprint density at radius 2 is 1.91 bits per heavy atom. The number of unbranched alkanes of at least 4 members (excludes halogenated alkanes) is 2. The van der Waals surface area contributed by atoms with Crippen molar-refractivity contribution in [3.63, 3.8) is 0 Å². The molecule has 1 aliphatic heterocycles. The summed E-state index contributed by atoms with van der Waals surface area (Å²) in [7, 11) is -2.03. The van der Waals surface area contributed by atoms with Crippen molar-refractivity contribution in [2.45, 2.75) is 90.6 Å². The van der Waals surface area contributed by atoms with Crippen LogP contribution in [0.4, 0.5) is 5.69 Å². The van der Waals surface area contributed by atoms with Gasteiger partial charge in [-0.15, -0.1) is 0 Å². The zero-order valence-electron chi connectivity index (χ0n) is 21.1. The van der Waals surface area contributed by atoms with E-state index in [1.807, 2.05) is 19.1 Å². The quantitative estimate of drug-likeness (QED) is 0.0824. The number of hydrogen-bond donors (Lipinski definition) is 0. The van der Waals surface area contributed by atoms with Gasteiger partial charge >= 0.3 is 215 Å². The number of benzene rings is 1. The zero-order valence-corrected chi connectivity index (χ0v) is 24.5. The third kappa shape index (κ3) is 6.72. The second kappa shape index (κ2) is 11.5. The molecule has 1 aromatic rings. The van der Waals surface area contributed by atoms with Gasteiger partial charge in [-0.05, 0) is 0 Å². The summed E-state index contributed by atoms with van der Waals surface area (Å²) < 4.78 is 7.20. The first-order valence-corrected chi connectivity index (χ1v) is 15.9. The van der Waals surface area contributed by atoms with E-state index in [2.05, 4.69) is 74.1 Å². The van der Waals surface area contributed by atoms with Crippen LogP contribution in [0.15, 0.2) is 47.1 Å². The summed E-state index contributed by atoms with van der Waals surface area (Å²) in [6.45, 7) is 19.3. The van der Waals surface area contributed by atoms with Crippen LogP contribution in [0.5, 0.6) is 0 Å². The van der Waals surface area contributed by atoms with Gasteiger partial charge in [-0.3, -0.25) is 0 Å². The molecule has 7 heteroatoms. The molecule has 1 aliphatic rings. The number of rotatable bonds is 9. The van der Waals surface area contributed by atoms with E-state index >= 15 is 0 Å². The molecular formula is C26H38ClN2O2SeSi. The van der Waals surface area contributed by atoms with Crippen molar-refractivity contribution in [3.8, 4) is 0 Å². The van der Waals surface area contributed by atoms with Crippen molar-refractivity contribution in [1.82, 2.24) is 4.90 Å². The van der Waals surface area contributed by atoms with Gasteiger partial charge in [-0.2, -0.15) is 0 Å². The number of β-lactam (4-membered cyclic amide) rings is 1. The molecule has 0 N–H and O–H groups in total. The Hall–Kier alpha value is -1.13.